The lowest BCUT2D eigenvalue weighted by molar-refractivity contribution is -0.0496. The lowest BCUT2D eigenvalue weighted by atomic mass is 9.89. The molecular formula is C19H19F2NO5S. The molecule has 1 aliphatic rings. The number of rotatable bonds is 7. The normalized spacial score (nSPS) is 16.0. The van der Waals surface area contributed by atoms with Crippen LogP contribution in [0.1, 0.15) is 23.7 Å². The molecule has 6 nitrogen and oxygen atoms in total. The van der Waals surface area contributed by atoms with Gasteiger partial charge in [-0.2, -0.15) is 8.78 Å². The molecule has 0 saturated heterocycles. The van der Waals surface area contributed by atoms with E-state index in [2.05, 4.69) is 4.74 Å². The highest BCUT2D eigenvalue weighted by Crippen LogP contribution is 2.48. The van der Waals surface area contributed by atoms with Crippen LogP contribution in [-0.4, -0.2) is 26.7 Å². The van der Waals surface area contributed by atoms with Crippen molar-refractivity contribution in [2.75, 3.05) is 6.61 Å². The molecule has 2 aromatic carbocycles. The summed E-state index contributed by atoms with van der Waals surface area (Å²) in [5.41, 5.74) is 2.07. The number of nitrogens with two attached hydrogens (primary N) is 1. The fraction of sp³-hybridized carbons (Fsp3) is 0.263. The molecule has 3 N–H and O–H groups in total. The first kappa shape index (κ1) is 20.2. The Labute approximate surface area is 161 Å². The maximum absolute atomic E-state index is 12.8. The maximum atomic E-state index is 12.8. The monoisotopic (exact) mass is 411 g/mol. The third-order valence-electron chi connectivity index (χ3n) is 4.20. The Balaban J connectivity index is 2.11. The highest BCUT2D eigenvalue weighted by Gasteiger charge is 2.29. The van der Waals surface area contributed by atoms with Gasteiger partial charge in [-0.05, 0) is 23.3 Å². The molecule has 0 aromatic heterocycles. The van der Waals surface area contributed by atoms with Gasteiger partial charge in [0.15, 0.2) is 0 Å². The molecule has 0 radical (unpaired) electrons. The van der Waals surface area contributed by atoms with Crippen molar-refractivity contribution in [1.82, 2.24) is 0 Å². The van der Waals surface area contributed by atoms with Gasteiger partial charge in [0.1, 0.15) is 17.6 Å². The Hall–Kier alpha value is -2.49. The topological polar surface area (TPSA) is 98.9 Å². The first-order valence-electron chi connectivity index (χ1n) is 8.42. The molecule has 0 spiro atoms. The van der Waals surface area contributed by atoms with Crippen LogP contribution in [0, 0.1) is 0 Å². The van der Waals surface area contributed by atoms with E-state index in [1.807, 2.05) is 0 Å². The van der Waals surface area contributed by atoms with E-state index in [4.69, 9.17) is 15.0 Å². The van der Waals surface area contributed by atoms with Crippen molar-refractivity contribution in [3.8, 4) is 22.6 Å². The molecule has 3 rings (SSSR count). The SMILES string of the molecule is NS(=O)(=O)Cc1ccc2c(c1)C(CC=CCO)Oc1cccc(OC(F)F)c1-2. The Morgan fingerprint density at radius 2 is 2.04 bits per heavy atom. The number of aliphatic hydroxyl groups excluding tert-OH is 1. The van der Waals surface area contributed by atoms with Crippen LogP contribution in [0.15, 0.2) is 48.6 Å². The molecule has 0 amide bonds. The van der Waals surface area contributed by atoms with Gasteiger partial charge in [-0.3, -0.25) is 0 Å². The lowest BCUT2D eigenvalue weighted by Crippen LogP contribution is -2.17. The van der Waals surface area contributed by atoms with Crippen LogP contribution in [0.5, 0.6) is 11.5 Å². The second-order valence-corrected chi connectivity index (χ2v) is 7.85. The summed E-state index contributed by atoms with van der Waals surface area (Å²) in [5, 5.41) is 14.1. The van der Waals surface area contributed by atoms with E-state index >= 15 is 0 Å². The smallest absolute Gasteiger partial charge is 0.387 e. The van der Waals surface area contributed by atoms with Crippen molar-refractivity contribution in [3.63, 3.8) is 0 Å². The molecule has 150 valence electrons. The molecule has 1 unspecified atom stereocenters. The van der Waals surface area contributed by atoms with Crippen LogP contribution >= 0.6 is 0 Å². The zero-order chi connectivity index (χ0) is 20.3. The van der Waals surface area contributed by atoms with E-state index < -0.39 is 22.7 Å². The highest BCUT2D eigenvalue weighted by molar-refractivity contribution is 7.88. The van der Waals surface area contributed by atoms with Crippen molar-refractivity contribution < 1.29 is 31.8 Å². The van der Waals surface area contributed by atoms with Crippen molar-refractivity contribution in [2.24, 2.45) is 5.14 Å². The Kier molecular flexibility index (Phi) is 5.97. The number of hydrogen-bond acceptors (Lipinski definition) is 5. The number of benzene rings is 2. The summed E-state index contributed by atoms with van der Waals surface area (Å²) >= 11 is 0. The Bertz CT molecular complexity index is 992. The molecule has 0 bridgehead atoms. The quantitative estimate of drug-likeness (QED) is 0.682. The van der Waals surface area contributed by atoms with Gasteiger partial charge in [-0.1, -0.05) is 36.4 Å². The second-order valence-electron chi connectivity index (χ2n) is 6.23. The molecule has 9 heteroatoms. The van der Waals surface area contributed by atoms with Gasteiger partial charge in [0.2, 0.25) is 10.0 Å². The van der Waals surface area contributed by atoms with Crippen LogP contribution in [-0.2, 0) is 15.8 Å². The van der Waals surface area contributed by atoms with E-state index in [1.54, 1.807) is 42.5 Å². The molecule has 28 heavy (non-hydrogen) atoms. The van der Waals surface area contributed by atoms with Gasteiger partial charge >= 0.3 is 6.61 Å². The Morgan fingerprint density at radius 1 is 1.25 bits per heavy atom. The van der Waals surface area contributed by atoms with Crippen molar-refractivity contribution in [2.45, 2.75) is 24.9 Å². The first-order chi connectivity index (χ1) is 13.3. The van der Waals surface area contributed by atoms with Crippen LogP contribution in [0.25, 0.3) is 11.1 Å². The number of ether oxygens (including phenoxy) is 2. The zero-order valence-electron chi connectivity index (χ0n) is 14.7. The highest BCUT2D eigenvalue weighted by atomic mass is 32.2. The number of primary sulfonamides is 1. The van der Waals surface area contributed by atoms with Crippen molar-refractivity contribution >= 4 is 10.0 Å². The van der Waals surface area contributed by atoms with E-state index in [-0.39, 0.29) is 18.1 Å². The van der Waals surface area contributed by atoms with E-state index in [1.165, 1.54) is 6.07 Å². The predicted octanol–water partition coefficient (Wildman–Crippen LogP) is 3.12. The van der Waals surface area contributed by atoms with Crippen molar-refractivity contribution in [1.29, 1.82) is 0 Å². The molecule has 0 aliphatic carbocycles. The number of alkyl halides is 2. The van der Waals surface area contributed by atoms with Gasteiger partial charge in [0, 0.05) is 12.0 Å². The van der Waals surface area contributed by atoms with Gasteiger partial charge in [0.25, 0.3) is 0 Å². The fourth-order valence-corrected chi connectivity index (χ4v) is 3.83. The maximum Gasteiger partial charge on any atom is 0.387 e. The summed E-state index contributed by atoms with van der Waals surface area (Å²) in [5.74, 6) is -0.00818. The van der Waals surface area contributed by atoms with E-state index in [0.29, 0.717) is 34.4 Å². The van der Waals surface area contributed by atoms with Crippen LogP contribution in [0.4, 0.5) is 8.78 Å². The van der Waals surface area contributed by atoms with Crippen molar-refractivity contribution in [3.05, 3.63) is 59.7 Å². The molecular weight excluding hydrogens is 392 g/mol. The molecule has 0 saturated carbocycles. The standard InChI is InChI=1S/C19H19F2NO5S/c20-19(21)27-17-6-3-5-16-18(17)13-8-7-12(11-28(22,24)25)10-14(13)15(26-16)4-1-2-9-23/h1-3,5-8,10,15,19,23H,4,9,11H2,(H2,22,24,25). The fourth-order valence-electron chi connectivity index (χ4n) is 3.18. The molecule has 1 aliphatic heterocycles. The summed E-state index contributed by atoms with van der Waals surface area (Å²) in [7, 11) is -3.74. The second kappa shape index (κ2) is 8.26. The summed E-state index contributed by atoms with van der Waals surface area (Å²) in [6, 6.07) is 9.49. The number of fused-ring (bicyclic) bond motifs is 3. The number of aliphatic hydroxyl groups is 1. The number of halogens is 2. The van der Waals surface area contributed by atoms with Gasteiger partial charge in [-0.15, -0.1) is 0 Å². The summed E-state index contributed by atoms with van der Waals surface area (Å²) < 4.78 is 59.1. The predicted molar refractivity (Wildman–Crippen MR) is 99.5 cm³/mol. The van der Waals surface area contributed by atoms with Gasteiger partial charge in [-0.25, -0.2) is 13.6 Å². The van der Waals surface area contributed by atoms with E-state index in [9.17, 15) is 17.2 Å². The largest absolute Gasteiger partial charge is 0.485 e. The molecule has 1 heterocycles. The summed E-state index contributed by atoms with van der Waals surface area (Å²) in [4.78, 5) is 0. The first-order valence-corrected chi connectivity index (χ1v) is 10.1. The number of sulfonamides is 1. The molecule has 2 aromatic rings. The summed E-state index contributed by atoms with van der Waals surface area (Å²) in [6.45, 7) is -3.13. The molecule has 0 fully saturated rings. The minimum absolute atomic E-state index is 0.0303. The average molecular weight is 411 g/mol. The van der Waals surface area contributed by atoms with Crippen LogP contribution in [0.3, 0.4) is 0 Å². The zero-order valence-corrected chi connectivity index (χ0v) is 15.5. The molecule has 1 atom stereocenters. The van der Waals surface area contributed by atoms with Gasteiger partial charge in [0.05, 0.1) is 17.9 Å². The Morgan fingerprint density at radius 3 is 2.71 bits per heavy atom. The van der Waals surface area contributed by atoms with Gasteiger partial charge < -0.3 is 14.6 Å². The van der Waals surface area contributed by atoms with E-state index in [0.717, 1.165) is 0 Å². The minimum Gasteiger partial charge on any atom is -0.485 e. The average Bonchev–Trinajstić information content (AvgIpc) is 2.60. The third kappa shape index (κ3) is 4.67. The van der Waals surface area contributed by atoms with Crippen LogP contribution in [0.2, 0.25) is 0 Å². The van der Waals surface area contributed by atoms with Crippen LogP contribution < -0.4 is 14.6 Å². The third-order valence-corrected chi connectivity index (χ3v) is 4.93. The number of hydrogen-bond donors (Lipinski definition) is 2. The minimum atomic E-state index is -3.74. The summed E-state index contributed by atoms with van der Waals surface area (Å²) in [6.07, 6.45) is 3.19. The lowest BCUT2D eigenvalue weighted by Gasteiger charge is -2.30.